The summed E-state index contributed by atoms with van der Waals surface area (Å²) in [6, 6.07) is 19.9. The highest BCUT2D eigenvalue weighted by molar-refractivity contribution is 7.93. The molecule has 10 heteroatoms. The van der Waals surface area contributed by atoms with Gasteiger partial charge in [-0.25, -0.2) is 16.8 Å². The molecule has 1 amide bonds. The summed E-state index contributed by atoms with van der Waals surface area (Å²) in [6.45, 7) is 1.43. The van der Waals surface area contributed by atoms with Gasteiger partial charge in [-0.2, -0.15) is 0 Å². The Kier molecular flexibility index (Phi) is 8.01. The fourth-order valence-corrected chi connectivity index (χ4v) is 5.56. The molecule has 1 unspecified atom stereocenters. The number of rotatable bonds is 9. The average molecular weight is 521 g/mol. The van der Waals surface area contributed by atoms with Crippen molar-refractivity contribution < 1.29 is 21.6 Å². The number of hydrogen-bond donors (Lipinski definition) is 1. The number of amides is 1. The number of carbonyl (C=O) groups is 1. The SMILES string of the molecule is CCC(NC(=O)CN(c1ccccc1)S(=O)(=O)c1ccc(Cl)cc1)c1ccc(S(C)(=O)=O)cc1. The zero-order chi connectivity index (χ0) is 24.9. The number of sulfonamides is 1. The van der Waals surface area contributed by atoms with Gasteiger partial charge in [-0.15, -0.1) is 0 Å². The zero-order valence-corrected chi connectivity index (χ0v) is 21.1. The van der Waals surface area contributed by atoms with Crippen LogP contribution in [0.25, 0.3) is 0 Å². The standard InChI is InChI=1S/C24H25ClN2O5S2/c1-3-23(18-9-13-21(14-10-18)33(2,29)30)26-24(28)17-27(20-7-5-4-6-8-20)34(31,32)22-15-11-19(25)12-16-22/h4-16,23H,3,17H2,1-2H3,(H,26,28). The lowest BCUT2D eigenvalue weighted by Gasteiger charge is -2.25. The molecule has 0 radical (unpaired) electrons. The summed E-state index contributed by atoms with van der Waals surface area (Å²) in [5.41, 5.74) is 1.06. The minimum Gasteiger partial charge on any atom is -0.348 e. The van der Waals surface area contributed by atoms with Crippen molar-refractivity contribution in [2.75, 3.05) is 17.1 Å². The number of carbonyl (C=O) groups excluding carboxylic acids is 1. The predicted octanol–water partition coefficient (Wildman–Crippen LogP) is 4.21. The number of nitrogens with one attached hydrogen (secondary N) is 1. The van der Waals surface area contributed by atoms with E-state index in [0.717, 1.165) is 16.1 Å². The van der Waals surface area contributed by atoms with Crippen LogP contribution in [0.15, 0.2) is 88.7 Å². The van der Waals surface area contributed by atoms with Crippen LogP contribution in [0.2, 0.25) is 5.02 Å². The Labute approximate surface area is 205 Å². The molecule has 0 aromatic heterocycles. The van der Waals surface area contributed by atoms with Gasteiger partial charge in [-0.1, -0.05) is 48.9 Å². The summed E-state index contributed by atoms with van der Waals surface area (Å²) < 4.78 is 51.2. The number of sulfone groups is 1. The van der Waals surface area contributed by atoms with Crippen molar-refractivity contribution in [3.8, 4) is 0 Å². The molecule has 0 bridgehead atoms. The molecule has 0 aliphatic carbocycles. The summed E-state index contributed by atoms with van der Waals surface area (Å²) in [6.07, 6.45) is 1.65. The highest BCUT2D eigenvalue weighted by Crippen LogP contribution is 2.25. The van der Waals surface area contributed by atoms with E-state index in [9.17, 15) is 21.6 Å². The van der Waals surface area contributed by atoms with Crippen LogP contribution in [0.3, 0.4) is 0 Å². The second-order valence-electron chi connectivity index (χ2n) is 7.67. The van der Waals surface area contributed by atoms with Crippen LogP contribution in [-0.2, 0) is 24.7 Å². The molecule has 0 heterocycles. The summed E-state index contributed by atoms with van der Waals surface area (Å²) in [4.78, 5) is 13.2. The van der Waals surface area contributed by atoms with E-state index in [2.05, 4.69) is 5.32 Å². The maximum atomic E-state index is 13.4. The molecule has 0 fully saturated rings. The van der Waals surface area contributed by atoms with Crippen LogP contribution >= 0.6 is 11.6 Å². The second-order valence-corrected chi connectivity index (χ2v) is 12.0. The first-order chi connectivity index (χ1) is 16.0. The number of benzene rings is 3. The third-order valence-electron chi connectivity index (χ3n) is 5.19. The minimum absolute atomic E-state index is 0.0111. The summed E-state index contributed by atoms with van der Waals surface area (Å²) in [7, 11) is -7.38. The smallest absolute Gasteiger partial charge is 0.264 e. The fourth-order valence-electron chi connectivity index (χ4n) is 3.38. The quantitative estimate of drug-likeness (QED) is 0.455. The summed E-state index contributed by atoms with van der Waals surface area (Å²) >= 11 is 5.90. The van der Waals surface area contributed by atoms with Gasteiger partial charge in [-0.3, -0.25) is 9.10 Å². The number of para-hydroxylation sites is 1. The Morgan fingerprint density at radius 3 is 1.97 bits per heavy atom. The Balaban J connectivity index is 1.86. The molecular formula is C24H25ClN2O5S2. The van der Waals surface area contributed by atoms with Crippen molar-refractivity contribution in [2.45, 2.75) is 29.2 Å². The maximum Gasteiger partial charge on any atom is 0.264 e. The molecule has 0 aliphatic rings. The molecule has 3 aromatic rings. The molecule has 7 nitrogen and oxygen atoms in total. The second kappa shape index (κ2) is 10.6. The van der Waals surface area contributed by atoms with Gasteiger partial charge >= 0.3 is 0 Å². The van der Waals surface area contributed by atoms with Crippen molar-refractivity contribution in [3.63, 3.8) is 0 Å². The van der Waals surface area contributed by atoms with Gasteiger partial charge in [0.15, 0.2) is 9.84 Å². The molecule has 0 saturated heterocycles. The first-order valence-corrected chi connectivity index (χ1v) is 14.2. The number of anilines is 1. The molecule has 1 atom stereocenters. The Morgan fingerprint density at radius 1 is 0.882 bits per heavy atom. The maximum absolute atomic E-state index is 13.4. The van der Waals surface area contributed by atoms with E-state index >= 15 is 0 Å². The molecule has 0 aliphatic heterocycles. The largest absolute Gasteiger partial charge is 0.348 e. The molecule has 3 rings (SSSR count). The van der Waals surface area contributed by atoms with Gasteiger partial charge < -0.3 is 5.32 Å². The van der Waals surface area contributed by atoms with Crippen molar-refractivity contribution >= 4 is 43.1 Å². The Bertz CT molecular complexity index is 1340. The average Bonchev–Trinajstić information content (AvgIpc) is 2.81. The lowest BCUT2D eigenvalue weighted by Crippen LogP contribution is -2.42. The first-order valence-electron chi connectivity index (χ1n) is 10.4. The molecular weight excluding hydrogens is 496 g/mol. The van der Waals surface area contributed by atoms with Crippen LogP contribution in [0.4, 0.5) is 5.69 Å². The van der Waals surface area contributed by atoms with Gasteiger partial charge in [0.05, 0.1) is 21.5 Å². The van der Waals surface area contributed by atoms with E-state index in [4.69, 9.17) is 11.6 Å². The highest BCUT2D eigenvalue weighted by Gasteiger charge is 2.28. The molecule has 180 valence electrons. The molecule has 34 heavy (non-hydrogen) atoms. The third kappa shape index (κ3) is 6.16. The van der Waals surface area contributed by atoms with E-state index in [1.807, 2.05) is 6.92 Å². The van der Waals surface area contributed by atoms with Crippen molar-refractivity contribution in [2.24, 2.45) is 0 Å². The van der Waals surface area contributed by atoms with E-state index in [1.54, 1.807) is 42.5 Å². The summed E-state index contributed by atoms with van der Waals surface area (Å²) in [5, 5.41) is 3.26. The van der Waals surface area contributed by atoms with Crippen LogP contribution in [0, 0.1) is 0 Å². The topological polar surface area (TPSA) is 101 Å². The van der Waals surface area contributed by atoms with E-state index in [-0.39, 0.29) is 9.79 Å². The van der Waals surface area contributed by atoms with E-state index in [0.29, 0.717) is 17.1 Å². The Morgan fingerprint density at radius 2 is 1.44 bits per heavy atom. The zero-order valence-electron chi connectivity index (χ0n) is 18.7. The molecule has 1 N–H and O–H groups in total. The first kappa shape index (κ1) is 25.7. The molecule has 0 saturated carbocycles. The number of halogens is 1. The van der Waals surface area contributed by atoms with Gasteiger partial charge in [-0.05, 0) is 60.5 Å². The lowest BCUT2D eigenvalue weighted by atomic mass is 10.0. The fraction of sp³-hybridized carbons (Fsp3) is 0.208. The van der Waals surface area contributed by atoms with Crippen molar-refractivity contribution in [1.82, 2.24) is 5.32 Å². The minimum atomic E-state index is -4.05. The van der Waals surface area contributed by atoms with Crippen LogP contribution < -0.4 is 9.62 Å². The number of hydrogen-bond acceptors (Lipinski definition) is 5. The third-order valence-corrected chi connectivity index (χ3v) is 8.36. The van der Waals surface area contributed by atoms with Gasteiger partial charge in [0, 0.05) is 11.3 Å². The highest BCUT2D eigenvalue weighted by atomic mass is 35.5. The van der Waals surface area contributed by atoms with Crippen LogP contribution in [-0.4, -0.2) is 35.5 Å². The van der Waals surface area contributed by atoms with Crippen molar-refractivity contribution in [1.29, 1.82) is 0 Å². The lowest BCUT2D eigenvalue weighted by molar-refractivity contribution is -0.120. The van der Waals surface area contributed by atoms with E-state index < -0.39 is 38.4 Å². The summed E-state index contributed by atoms with van der Waals surface area (Å²) in [5.74, 6) is -0.500. The van der Waals surface area contributed by atoms with Gasteiger partial charge in [0.2, 0.25) is 5.91 Å². The number of nitrogens with zero attached hydrogens (tertiary/aromatic N) is 1. The van der Waals surface area contributed by atoms with E-state index in [1.165, 1.54) is 36.4 Å². The Hall–Kier alpha value is -2.88. The molecule has 0 spiro atoms. The van der Waals surface area contributed by atoms with Gasteiger partial charge in [0.1, 0.15) is 6.54 Å². The van der Waals surface area contributed by atoms with Crippen LogP contribution in [0.1, 0.15) is 24.9 Å². The van der Waals surface area contributed by atoms with Crippen LogP contribution in [0.5, 0.6) is 0 Å². The molecule has 3 aromatic carbocycles. The normalized spacial score (nSPS) is 12.7. The predicted molar refractivity (Wildman–Crippen MR) is 133 cm³/mol. The van der Waals surface area contributed by atoms with Gasteiger partial charge in [0.25, 0.3) is 10.0 Å². The van der Waals surface area contributed by atoms with Crippen molar-refractivity contribution in [3.05, 3.63) is 89.4 Å². The monoisotopic (exact) mass is 520 g/mol.